The molecule has 1 rings (SSSR count). The Bertz CT molecular complexity index is 675. The highest BCUT2D eigenvalue weighted by atomic mass is 16.5. The van der Waals surface area contributed by atoms with Gasteiger partial charge in [0.1, 0.15) is 12.0 Å². The van der Waals surface area contributed by atoms with Gasteiger partial charge in [-0.05, 0) is 0 Å². The molecular weight excluding hydrogens is 344 g/mol. The van der Waals surface area contributed by atoms with Gasteiger partial charge >= 0.3 is 0 Å². The van der Waals surface area contributed by atoms with Gasteiger partial charge < -0.3 is 30.2 Å². The van der Waals surface area contributed by atoms with Crippen LogP contribution in [-0.2, 0) is 14.3 Å². The molecule has 0 bridgehead atoms. The number of aromatic nitrogens is 2. The molecule has 2 unspecified atom stereocenters. The quantitative estimate of drug-likeness (QED) is 0.129. The second-order valence-electron chi connectivity index (χ2n) is 5.52. The Balaban J connectivity index is 2.94. The van der Waals surface area contributed by atoms with Crippen LogP contribution < -0.4 is 10.9 Å². The van der Waals surface area contributed by atoms with Crippen molar-refractivity contribution in [1.29, 1.82) is 5.41 Å². The molecule has 0 aromatic carbocycles. The van der Waals surface area contributed by atoms with E-state index in [0.717, 1.165) is 6.21 Å². The van der Waals surface area contributed by atoms with Crippen molar-refractivity contribution >= 4 is 30.8 Å². The van der Waals surface area contributed by atoms with E-state index in [9.17, 15) is 14.7 Å². The Morgan fingerprint density at radius 2 is 2.23 bits per heavy atom. The highest BCUT2D eigenvalue weighted by Crippen LogP contribution is 2.14. The van der Waals surface area contributed by atoms with E-state index < -0.39 is 17.9 Å². The van der Waals surface area contributed by atoms with E-state index in [4.69, 9.17) is 10.1 Å². The molecule has 2 atom stereocenters. The van der Waals surface area contributed by atoms with E-state index in [1.54, 1.807) is 19.0 Å². The number of anilines is 1. The standard InChI is InChI=1S/C15H24N6O5/c1-21(2)8-17-15-19-13(11(7-16)14(24)20-15)18-12(25-3)6-10(23)4-5-26-9-22/h7-10,12,16,23H,4-6H2,1-3H3,(H2,18,19,20,24)/b16-7?,17-8+. The number of ether oxygens (including phenoxy) is 2. The zero-order valence-corrected chi connectivity index (χ0v) is 14.9. The van der Waals surface area contributed by atoms with E-state index >= 15 is 0 Å². The van der Waals surface area contributed by atoms with Gasteiger partial charge in [-0.3, -0.25) is 14.6 Å². The third kappa shape index (κ3) is 6.99. The van der Waals surface area contributed by atoms with Crippen LogP contribution in [-0.4, -0.2) is 79.1 Å². The fourth-order valence-corrected chi connectivity index (χ4v) is 1.93. The SMILES string of the molecule is COC(CC(O)CCOC=O)Nc1nc(/N=C/N(C)C)[nH]c(=O)c1C=N. The minimum absolute atomic E-state index is 0.00892. The van der Waals surface area contributed by atoms with Crippen molar-refractivity contribution in [2.75, 3.05) is 33.1 Å². The molecule has 144 valence electrons. The maximum absolute atomic E-state index is 12.1. The summed E-state index contributed by atoms with van der Waals surface area (Å²) in [6.07, 6.45) is 1.24. The van der Waals surface area contributed by atoms with Crippen molar-refractivity contribution in [2.45, 2.75) is 25.2 Å². The Morgan fingerprint density at radius 1 is 1.50 bits per heavy atom. The second kappa shape index (κ2) is 10.9. The maximum atomic E-state index is 12.1. The lowest BCUT2D eigenvalue weighted by atomic mass is 10.1. The molecule has 0 aliphatic rings. The third-order valence-corrected chi connectivity index (χ3v) is 3.20. The molecule has 0 aliphatic heterocycles. The number of carbonyl (C=O) groups excluding carboxylic acids is 1. The molecule has 0 spiro atoms. The number of carbonyl (C=O) groups is 1. The van der Waals surface area contributed by atoms with Crippen LogP contribution in [0.25, 0.3) is 0 Å². The van der Waals surface area contributed by atoms with Crippen LogP contribution in [0.4, 0.5) is 11.8 Å². The molecule has 0 amide bonds. The van der Waals surface area contributed by atoms with E-state index in [0.29, 0.717) is 6.47 Å². The molecule has 1 heterocycles. The monoisotopic (exact) mass is 368 g/mol. The first-order valence-corrected chi connectivity index (χ1v) is 7.79. The lowest BCUT2D eigenvalue weighted by molar-refractivity contribution is -0.129. The van der Waals surface area contributed by atoms with Gasteiger partial charge in [0.2, 0.25) is 5.95 Å². The van der Waals surface area contributed by atoms with Crippen LogP contribution in [0.2, 0.25) is 0 Å². The zero-order chi connectivity index (χ0) is 19.5. The second-order valence-corrected chi connectivity index (χ2v) is 5.52. The van der Waals surface area contributed by atoms with Crippen LogP contribution in [0, 0.1) is 5.41 Å². The number of methoxy groups -OCH3 is 1. The molecule has 0 saturated carbocycles. The summed E-state index contributed by atoms with van der Waals surface area (Å²) in [5.74, 6) is 0.171. The van der Waals surface area contributed by atoms with Crippen molar-refractivity contribution in [3.8, 4) is 0 Å². The van der Waals surface area contributed by atoms with Gasteiger partial charge in [0.25, 0.3) is 12.0 Å². The van der Waals surface area contributed by atoms with Gasteiger partial charge in [-0.2, -0.15) is 4.98 Å². The van der Waals surface area contributed by atoms with E-state index in [-0.39, 0.29) is 36.8 Å². The summed E-state index contributed by atoms with van der Waals surface area (Å²) in [4.78, 5) is 34.5. The minimum atomic E-state index is -0.802. The third-order valence-electron chi connectivity index (χ3n) is 3.20. The first kappa shape index (κ1) is 21.3. The van der Waals surface area contributed by atoms with Crippen LogP contribution in [0.1, 0.15) is 18.4 Å². The fraction of sp³-hybridized carbons (Fsp3) is 0.533. The predicted molar refractivity (Wildman–Crippen MR) is 96.3 cm³/mol. The fourth-order valence-electron chi connectivity index (χ4n) is 1.93. The van der Waals surface area contributed by atoms with E-state index in [2.05, 4.69) is 25.0 Å². The van der Waals surface area contributed by atoms with Crippen molar-refractivity contribution in [3.05, 3.63) is 15.9 Å². The van der Waals surface area contributed by atoms with Crippen LogP contribution in [0.5, 0.6) is 0 Å². The van der Waals surface area contributed by atoms with Gasteiger partial charge in [0.05, 0.1) is 24.6 Å². The average molecular weight is 368 g/mol. The first-order chi connectivity index (χ1) is 12.4. The molecule has 11 heteroatoms. The molecule has 0 fully saturated rings. The van der Waals surface area contributed by atoms with Crippen LogP contribution >= 0.6 is 0 Å². The molecule has 1 aromatic rings. The molecule has 4 N–H and O–H groups in total. The predicted octanol–water partition coefficient (Wildman–Crippen LogP) is -0.313. The lowest BCUT2D eigenvalue weighted by Gasteiger charge is -2.21. The molecule has 0 saturated heterocycles. The minimum Gasteiger partial charge on any atom is -0.468 e. The summed E-state index contributed by atoms with van der Waals surface area (Å²) in [5.41, 5.74) is -0.521. The van der Waals surface area contributed by atoms with Crippen LogP contribution in [0.3, 0.4) is 0 Å². The van der Waals surface area contributed by atoms with Gasteiger partial charge in [-0.25, -0.2) is 4.99 Å². The molecule has 26 heavy (non-hydrogen) atoms. The lowest BCUT2D eigenvalue weighted by Crippen LogP contribution is -2.30. The van der Waals surface area contributed by atoms with E-state index in [1.807, 2.05) is 0 Å². The van der Waals surface area contributed by atoms with Gasteiger partial charge in [-0.15, -0.1) is 0 Å². The van der Waals surface area contributed by atoms with Crippen molar-refractivity contribution in [2.24, 2.45) is 4.99 Å². The molecular formula is C15H24N6O5. The van der Waals surface area contributed by atoms with Crippen LogP contribution in [0.15, 0.2) is 9.79 Å². The highest BCUT2D eigenvalue weighted by Gasteiger charge is 2.18. The molecule has 0 aliphatic carbocycles. The summed E-state index contributed by atoms with van der Waals surface area (Å²) < 4.78 is 9.80. The Kier molecular flexibility index (Phi) is 8.95. The number of aliphatic hydroxyl groups excluding tert-OH is 1. The largest absolute Gasteiger partial charge is 0.468 e. The van der Waals surface area contributed by atoms with Crippen molar-refractivity contribution < 1.29 is 19.4 Å². The number of aromatic amines is 1. The van der Waals surface area contributed by atoms with E-state index in [1.165, 1.54) is 13.4 Å². The highest BCUT2D eigenvalue weighted by molar-refractivity contribution is 5.84. The number of hydrogen-bond donors (Lipinski definition) is 4. The number of H-pyrrole nitrogens is 1. The van der Waals surface area contributed by atoms with Gasteiger partial charge in [0, 0.05) is 40.3 Å². The number of aliphatic hydroxyl groups is 1. The summed E-state index contributed by atoms with van der Waals surface area (Å²) in [6.45, 7) is 0.393. The maximum Gasteiger partial charge on any atom is 0.293 e. The van der Waals surface area contributed by atoms with Crippen molar-refractivity contribution in [1.82, 2.24) is 14.9 Å². The zero-order valence-electron chi connectivity index (χ0n) is 14.9. The number of hydrogen-bond acceptors (Lipinski definition) is 9. The summed E-state index contributed by atoms with van der Waals surface area (Å²) >= 11 is 0. The topological polar surface area (TPSA) is 153 Å². The summed E-state index contributed by atoms with van der Waals surface area (Å²) in [7, 11) is 4.96. The molecule has 11 nitrogen and oxygen atoms in total. The normalized spacial score (nSPS) is 13.2. The molecule has 0 radical (unpaired) electrons. The number of nitrogens with zero attached hydrogens (tertiary/aromatic N) is 3. The summed E-state index contributed by atoms with van der Waals surface area (Å²) in [6, 6.07) is 0. The van der Waals surface area contributed by atoms with Crippen molar-refractivity contribution in [3.63, 3.8) is 0 Å². The van der Waals surface area contributed by atoms with Gasteiger partial charge in [0.15, 0.2) is 0 Å². The average Bonchev–Trinajstić information content (AvgIpc) is 2.59. The first-order valence-electron chi connectivity index (χ1n) is 7.79. The smallest absolute Gasteiger partial charge is 0.293 e. The summed E-state index contributed by atoms with van der Waals surface area (Å²) in [5, 5.41) is 20.2. The number of rotatable bonds is 12. The Morgan fingerprint density at radius 3 is 2.81 bits per heavy atom. The number of nitrogens with one attached hydrogen (secondary N) is 3. The Hall–Kier alpha value is -2.79. The van der Waals surface area contributed by atoms with Gasteiger partial charge in [-0.1, -0.05) is 0 Å². The molecule has 1 aromatic heterocycles. The Labute approximate surface area is 150 Å². The number of aliphatic imine (C=N–C) groups is 1.